The minimum atomic E-state index is -4.14. The van der Waals surface area contributed by atoms with Crippen molar-refractivity contribution in [1.29, 1.82) is 0 Å². The molecule has 1 spiro atoms. The summed E-state index contributed by atoms with van der Waals surface area (Å²) in [6, 6.07) is 6.68. The van der Waals surface area contributed by atoms with Crippen molar-refractivity contribution < 1.29 is 36.6 Å². The number of carbonyl (C=O) groups is 1. The van der Waals surface area contributed by atoms with Crippen molar-refractivity contribution in [2.75, 3.05) is 32.8 Å². The van der Waals surface area contributed by atoms with Crippen LogP contribution < -0.4 is 9.47 Å². The van der Waals surface area contributed by atoms with Gasteiger partial charge in [-0.2, -0.15) is 9.29 Å². The number of carboxylic acids is 1. The van der Waals surface area contributed by atoms with Gasteiger partial charge in [0, 0.05) is 29.9 Å². The second-order valence-electron chi connectivity index (χ2n) is 15.1. The zero-order chi connectivity index (χ0) is 37.9. The zero-order valence-corrected chi connectivity index (χ0v) is 31.4. The number of nitrogens with zero attached hydrogens (tertiary/aromatic N) is 7. The van der Waals surface area contributed by atoms with Crippen molar-refractivity contribution in [3.05, 3.63) is 69.9 Å². The Balaban J connectivity index is 1.22. The van der Waals surface area contributed by atoms with E-state index in [1.165, 1.54) is 34.2 Å². The summed E-state index contributed by atoms with van der Waals surface area (Å²) in [4.78, 5) is 24.7. The summed E-state index contributed by atoms with van der Waals surface area (Å²) in [5.74, 6) is -2.10. The highest BCUT2D eigenvalue weighted by atomic mass is 32.2. The van der Waals surface area contributed by atoms with Gasteiger partial charge < -0.3 is 14.6 Å². The molecule has 4 aromatic rings. The Hall–Kier alpha value is -4.28. The normalized spacial score (nSPS) is 19.2. The Morgan fingerprint density at radius 3 is 2.47 bits per heavy atom. The third-order valence-corrected chi connectivity index (χ3v) is 12.7. The molecule has 0 amide bonds. The number of halogens is 2. The van der Waals surface area contributed by atoms with E-state index in [4.69, 9.17) is 14.5 Å². The number of fused-ring (bicyclic) bond motifs is 2. The van der Waals surface area contributed by atoms with Crippen LogP contribution in [0.3, 0.4) is 0 Å². The van der Waals surface area contributed by atoms with Gasteiger partial charge in [-0.1, -0.05) is 12.5 Å². The number of rotatable bonds is 11. The van der Waals surface area contributed by atoms with E-state index in [0.29, 0.717) is 59.0 Å². The maximum Gasteiger partial charge on any atom is 0.310 e. The molecule has 13 nitrogen and oxygen atoms in total. The summed E-state index contributed by atoms with van der Waals surface area (Å²) in [6.45, 7) is 11.7. The lowest BCUT2D eigenvalue weighted by Crippen LogP contribution is -2.38. The first-order valence-electron chi connectivity index (χ1n) is 18.0. The molecule has 0 aromatic carbocycles. The van der Waals surface area contributed by atoms with Crippen molar-refractivity contribution in [3.63, 3.8) is 0 Å². The molecule has 284 valence electrons. The number of pyridine rings is 3. The van der Waals surface area contributed by atoms with Crippen LogP contribution in [0.2, 0.25) is 0 Å². The third-order valence-electron chi connectivity index (χ3n) is 10.9. The minimum absolute atomic E-state index is 0.0274. The molecule has 1 atom stereocenters. The Bertz CT molecular complexity index is 2170. The second kappa shape index (κ2) is 13.9. The van der Waals surface area contributed by atoms with Gasteiger partial charge in [-0.15, -0.1) is 10.2 Å². The molecule has 3 aliphatic rings. The quantitative estimate of drug-likeness (QED) is 0.204. The molecule has 7 rings (SSSR count). The van der Waals surface area contributed by atoms with Gasteiger partial charge >= 0.3 is 5.97 Å². The Morgan fingerprint density at radius 2 is 1.79 bits per heavy atom. The summed E-state index contributed by atoms with van der Waals surface area (Å²) in [5.41, 5.74) is 1.14. The van der Waals surface area contributed by atoms with Gasteiger partial charge in [-0.3, -0.25) is 19.1 Å². The van der Waals surface area contributed by atoms with E-state index in [1.807, 2.05) is 6.92 Å². The van der Waals surface area contributed by atoms with Gasteiger partial charge in [-0.05, 0) is 108 Å². The lowest BCUT2D eigenvalue weighted by Gasteiger charge is -2.32. The van der Waals surface area contributed by atoms with Crippen LogP contribution in [0.4, 0.5) is 8.78 Å². The number of piperidine rings is 1. The molecule has 4 aromatic heterocycles. The van der Waals surface area contributed by atoms with E-state index in [1.54, 1.807) is 52.0 Å². The summed E-state index contributed by atoms with van der Waals surface area (Å²) in [6.07, 6.45) is 3.45. The van der Waals surface area contributed by atoms with Crippen LogP contribution in [0.5, 0.6) is 11.8 Å². The molecule has 2 fully saturated rings. The molecule has 6 heterocycles. The molecule has 0 radical (unpaired) electrons. The molecular formula is C37H45F2N7O6S. The van der Waals surface area contributed by atoms with E-state index < -0.39 is 45.2 Å². The van der Waals surface area contributed by atoms with Crippen LogP contribution in [0, 0.1) is 26.2 Å². The van der Waals surface area contributed by atoms with Crippen molar-refractivity contribution in [3.8, 4) is 11.8 Å². The Kier molecular flexibility index (Phi) is 9.68. The predicted molar refractivity (Wildman–Crippen MR) is 190 cm³/mol. The van der Waals surface area contributed by atoms with Crippen LogP contribution in [0.25, 0.3) is 5.65 Å². The summed E-state index contributed by atoms with van der Waals surface area (Å²) >= 11 is 0. The van der Waals surface area contributed by atoms with E-state index in [2.05, 4.69) is 20.1 Å². The highest BCUT2D eigenvalue weighted by molar-refractivity contribution is 7.89. The number of hydrogen-bond donors (Lipinski definition) is 1. The van der Waals surface area contributed by atoms with Crippen LogP contribution in [0.15, 0.2) is 35.4 Å². The number of ether oxygens (including phenoxy) is 2. The maximum absolute atomic E-state index is 14.4. The van der Waals surface area contributed by atoms with Gasteiger partial charge in [0.15, 0.2) is 5.65 Å². The number of carboxylic acid groups (broad SMARTS) is 1. The Morgan fingerprint density at radius 1 is 1.06 bits per heavy atom. The molecular weight excluding hydrogens is 709 g/mol. The fourth-order valence-electron chi connectivity index (χ4n) is 7.43. The average Bonchev–Trinajstić information content (AvgIpc) is 3.73. The number of aromatic nitrogens is 5. The van der Waals surface area contributed by atoms with Crippen molar-refractivity contribution in [2.24, 2.45) is 5.41 Å². The second-order valence-corrected chi connectivity index (χ2v) is 17.0. The minimum Gasteiger partial charge on any atom is -0.481 e. The maximum atomic E-state index is 14.4. The zero-order valence-electron chi connectivity index (χ0n) is 30.6. The lowest BCUT2D eigenvalue weighted by molar-refractivity contribution is -0.147. The average molecular weight is 754 g/mol. The molecule has 1 saturated carbocycles. The van der Waals surface area contributed by atoms with E-state index >= 15 is 0 Å². The number of alkyl halides is 2. The number of sulfonamides is 1. The molecule has 0 unspecified atom stereocenters. The highest BCUT2D eigenvalue weighted by Gasteiger charge is 2.53. The summed E-state index contributed by atoms with van der Waals surface area (Å²) in [5, 5.41) is 18.1. The summed E-state index contributed by atoms with van der Waals surface area (Å²) < 4.78 is 71.1. The predicted octanol–water partition coefficient (Wildman–Crippen LogP) is 5.61. The summed E-state index contributed by atoms with van der Waals surface area (Å²) in [7, 11) is -4.14. The lowest BCUT2D eigenvalue weighted by atomic mass is 9.72. The first kappa shape index (κ1) is 37.1. The number of aryl methyl sites for hydroxylation is 3. The SMILES string of the molecule is Cc1ccc([C@H](c2ccn3c(C(F)F)nnc3c2C)C(C)(C)C(=O)O)nc1CN1CC2(CC2)Oc2nc(OCCN3CCCCC3)c(C)cc2S1(=O)=O. The smallest absolute Gasteiger partial charge is 0.310 e. The van der Waals surface area contributed by atoms with E-state index in [0.717, 1.165) is 19.6 Å². The highest BCUT2D eigenvalue weighted by Crippen LogP contribution is 2.47. The Labute approximate surface area is 307 Å². The number of aliphatic carboxylic acids is 1. The van der Waals surface area contributed by atoms with Gasteiger partial charge in [0.25, 0.3) is 6.43 Å². The van der Waals surface area contributed by atoms with Crippen molar-refractivity contribution in [1.82, 2.24) is 33.8 Å². The van der Waals surface area contributed by atoms with Crippen molar-refractivity contribution in [2.45, 2.75) is 96.1 Å². The third kappa shape index (κ3) is 6.96. The van der Waals surface area contributed by atoms with Crippen LogP contribution in [0.1, 0.15) is 97.8 Å². The van der Waals surface area contributed by atoms with Crippen LogP contribution >= 0.6 is 0 Å². The fraction of sp³-hybridized carbons (Fsp3) is 0.541. The molecule has 16 heteroatoms. The van der Waals surface area contributed by atoms with Gasteiger partial charge in [0.1, 0.15) is 17.1 Å². The van der Waals surface area contributed by atoms with E-state index in [-0.39, 0.29) is 29.5 Å². The molecule has 53 heavy (non-hydrogen) atoms. The molecule has 1 N–H and O–H groups in total. The largest absolute Gasteiger partial charge is 0.481 e. The first-order chi connectivity index (χ1) is 25.1. The van der Waals surface area contributed by atoms with Gasteiger partial charge in [0.2, 0.25) is 27.6 Å². The molecule has 0 bridgehead atoms. The van der Waals surface area contributed by atoms with Crippen molar-refractivity contribution >= 4 is 21.6 Å². The van der Waals surface area contributed by atoms with Crippen LogP contribution in [-0.2, 0) is 21.4 Å². The number of likely N-dealkylation sites (tertiary alicyclic amines) is 1. The first-order valence-corrected chi connectivity index (χ1v) is 19.4. The van der Waals surface area contributed by atoms with Gasteiger partial charge in [0.05, 0.1) is 24.2 Å². The molecule has 2 aliphatic heterocycles. The number of hydrogen-bond acceptors (Lipinski definition) is 10. The monoisotopic (exact) mass is 753 g/mol. The van der Waals surface area contributed by atoms with E-state index in [9.17, 15) is 27.1 Å². The topological polar surface area (TPSA) is 152 Å². The van der Waals surface area contributed by atoms with Crippen LogP contribution in [-0.4, -0.2) is 91.7 Å². The molecule has 1 aliphatic carbocycles. The fourth-order valence-corrected chi connectivity index (χ4v) is 9.04. The van der Waals surface area contributed by atoms with Gasteiger partial charge in [-0.25, -0.2) is 17.2 Å². The molecule has 1 saturated heterocycles. The standard InChI is InChI=1S/C37H45F2N7O6S/c1-22-9-10-26(29(36(4,5)35(47)48)25-11-16-46-31(24(25)3)42-43-32(46)30(38)39)40-27(22)20-45-21-37(12-13-37)52-34-28(53(45,49)50)19-23(2)33(41-34)51-18-17-44-14-7-6-8-15-44/h9-11,16,19,29-30H,6-8,12-15,17-18,20-21H2,1-5H3,(H,47,48)/t29-/m0/s1.